The summed E-state index contributed by atoms with van der Waals surface area (Å²) in [6, 6.07) is 0. The standard InChI is InChI=1S/C12H23NO3/c1-14-8-9-15-13-10-11-4-7-12(16-11)5-2-3-6-12/h11,13H,2-10H2,1H3. The van der Waals surface area contributed by atoms with Crippen LogP contribution in [0.4, 0.5) is 0 Å². The fraction of sp³-hybridized carbons (Fsp3) is 1.00. The summed E-state index contributed by atoms with van der Waals surface area (Å²) < 4.78 is 11.0. The van der Waals surface area contributed by atoms with E-state index in [-0.39, 0.29) is 5.60 Å². The van der Waals surface area contributed by atoms with Gasteiger partial charge < -0.3 is 9.47 Å². The third kappa shape index (κ3) is 3.17. The smallest absolute Gasteiger partial charge is 0.0915 e. The predicted molar refractivity (Wildman–Crippen MR) is 61.1 cm³/mol. The maximum atomic E-state index is 6.14. The van der Waals surface area contributed by atoms with Crippen molar-refractivity contribution in [2.75, 3.05) is 26.9 Å². The van der Waals surface area contributed by atoms with Gasteiger partial charge in [0.2, 0.25) is 0 Å². The van der Waals surface area contributed by atoms with Gasteiger partial charge in [0, 0.05) is 13.7 Å². The van der Waals surface area contributed by atoms with Gasteiger partial charge in [0.05, 0.1) is 24.9 Å². The van der Waals surface area contributed by atoms with Crippen molar-refractivity contribution in [1.29, 1.82) is 0 Å². The first-order chi connectivity index (χ1) is 7.85. The van der Waals surface area contributed by atoms with Crippen molar-refractivity contribution in [3.8, 4) is 0 Å². The lowest BCUT2D eigenvalue weighted by molar-refractivity contribution is -0.0620. The van der Waals surface area contributed by atoms with Crippen LogP contribution in [0.2, 0.25) is 0 Å². The van der Waals surface area contributed by atoms with E-state index in [1.165, 1.54) is 38.5 Å². The van der Waals surface area contributed by atoms with Gasteiger partial charge in [0.25, 0.3) is 0 Å². The molecule has 2 fully saturated rings. The molecule has 2 rings (SSSR count). The van der Waals surface area contributed by atoms with Gasteiger partial charge >= 0.3 is 0 Å². The zero-order valence-corrected chi connectivity index (χ0v) is 10.2. The summed E-state index contributed by atoms with van der Waals surface area (Å²) in [5.41, 5.74) is 3.20. The van der Waals surface area contributed by atoms with Crippen molar-refractivity contribution >= 4 is 0 Å². The quantitative estimate of drug-likeness (QED) is 0.555. The summed E-state index contributed by atoms with van der Waals surface area (Å²) >= 11 is 0. The molecule has 0 bridgehead atoms. The van der Waals surface area contributed by atoms with E-state index in [1.807, 2.05) is 0 Å². The molecular weight excluding hydrogens is 206 g/mol. The number of ether oxygens (including phenoxy) is 2. The molecule has 0 aromatic heterocycles. The van der Waals surface area contributed by atoms with Crippen LogP contribution in [0.15, 0.2) is 0 Å². The molecule has 0 radical (unpaired) electrons. The lowest BCUT2D eigenvalue weighted by atomic mass is 9.98. The third-order valence-electron chi connectivity index (χ3n) is 3.66. The summed E-state index contributed by atoms with van der Waals surface area (Å²) in [5, 5.41) is 0. The van der Waals surface area contributed by atoms with Crippen LogP contribution in [-0.2, 0) is 14.3 Å². The first-order valence-electron chi connectivity index (χ1n) is 6.36. The van der Waals surface area contributed by atoms with Crippen LogP contribution in [0.25, 0.3) is 0 Å². The van der Waals surface area contributed by atoms with Crippen molar-refractivity contribution in [3.05, 3.63) is 0 Å². The van der Waals surface area contributed by atoms with E-state index in [1.54, 1.807) is 7.11 Å². The number of methoxy groups -OCH3 is 1. The Labute approximate surface area is 97.6 Å². The molecule has 4 nitrogen and oxygen atoms in total. The lowest BCUT2D eigenvalue weighted by Gasteiger charge is -2.23. The van der Waals surface area contributed by atoms with Gasteiger partial charge in [-0.3, -0.25) is 4.84 Å². The highest BCUT2D eigenvalue weighted by Gasteiger charge is 2.41. The van der Waals surface area contributed by atoms with Crippen LogP contribution in [-0.4, -0.2) is 38.6 Å². The van der Waals surface area contributed by atoms with E-state index >= 15 is 0 Å². The van der Waals surface area contributed by atoms with Gasteiger partial charge in [-0.2, -0.15) is 5.48 Å². The van der Waals surface area contributed by atoms with Gasteiger partial charge in [0.1, 0.15) is 0 Å². The molecule has 16 heavy (non-hydrogen) atoms. The Morgan fingerprint density at radius 1 is 1.25 bits per heavy atom. The minimum absolute atomic E-state index is 0.235. The molecule has 1 saturated heterocycles. The Hall–Kier alpha value is -0.160. The second-order valence-electron chi connectivity index (χ2n) is 4.86. The molecule has 1 unspecified atom stereocenters. The van der Waals surface area contributed by atoms with E-state index in [4.69, 9.17) is 14.3 Å². The highest BCUT2D eigenvalue weighted by molar-refractivity contribution is 4.92. The van der Waals surface area contributed by atoms with Crippen LogP contribution in [0.1, 0.15) is 38.5 Å². The SMILES string of the molecule is COCCONCC1CCC2(CCCC2)O1. The van der Waals surface area contributed by atoms with Crippen LogP contribution >= 0.6 is 0 Å². The van der Waals surface area contributed by atoms with Crippen molar-refractivity contribution in [1.82, 2.24) is 5.48 Å². The maximum absolute atomic E-state index is 6.14. The van der Waals surface area contributed by atoms with E-state index in [2.05, 4.69) is 5.48 Å². The molecule has 1 N–H and O–H groups in total. The number of nitrogens with one attached hydrogen (secondary N) is 1. The fourth-order valence-corrected chi connectivity index (χ4v) is 2.78. The molecule has 1 heterocycles. The van der Waals surface area contributed by atoms with E-state index in [0.717, 1.165) is 6.54 Å². The molecule has 2 aliphatic rings. The summed E-state index contributed by atoms with van der Waals surface area (Å²) in [6.07, 6.45) is 7.93. The van der Waals surface area contributed by atoms with Crippen molar-refractivity contribution in [3.63, 3.8) is 0 Å². The van der Waals surface area contributed by atoms with E-state index in [9.17, 15) is 0 Å². The Bertz CT molecular complexity index is 204. The monoisotopic (exact) mass is 229 g/mol. The van der Waals surface area contributed by atoms with Crippen LogP contribution in [0, 0.1) is 0 Å². The summed E-state index contributed by atoms with van der Waals surface area (Å²) in [6.45, 7) is 2.02. The summed E-state index contributed by atoms with van der Waals surface area (Å²) in [7, 11) is 1.67. The lowest BCUT2D eigenvalue weighted by Crippen LogP contribution is -2.31. The largest absolute Gasteiger partial charge is 0.382 e. The van der Waals surface area contributed by atoms with Gasteiger partial charge in [-0.1, -0.05) is 12.8 Å². The van der Waals surface area contributed by atoms with Crippen molar-refractivity contribution in [2.45, 2.75) is 50.2 Å². The van der Waals surface area contributed by atoms with Crippen molar-refractivity contribution in [2.24, 2.45) is 0 Å². The first-order valence-corrected chi connectivity index (χ1v) is 6.36. The zero-order valence-electron chi connectivity index (χ0n) is 10.2. The molecule has 1 aliphatic carbocycles. The molecule has 94 valence electrons. The Morgan fingerprint density at radius 3 is 2.81 bits per heavy atom. The zero-order chi connectivity index (χ0) is 11.3. The fourth-order valence-electron chi connectivity index (χ4n) is 2.78. The molecule has 1 spiro atoms. The Kier molecular flexibility index (Phi) is 4.58. The second kappa shape index (κ2) is 5.96. The minimum Gasteiger partial charge on any atom is -0.382 e. The number of hydrogen-bond acceptors (Lipinski definition) is 4. The molecule has 0 aromatic carbocycles. The minimum atomic E-state index is 0.235. The maximum Gasteiger partial charge on any atom is 0.0915 e. The van der Waals surface area contributed by atoms with Crippen LogP contribution < -0.4 is 5.48 Å². The molecule has 0 amide bonds. The van der Waals surface area contributed by atoms with Crippen LogP contribution in [0.3, 0.4) is 0 Å². The van der Waals surface area contributed by atoms with Gasteiger partial charge in [-0.05, 0) is 25.7 Å². The average molecular weight is 229 g/mol. The number of hydroxylamine groups is 1. The highest BCUT2D eigenvalue weighted by atomic mass is 16.7. The summed E-state index contributed by atoms with van der Waals surface area (Å²) in [4.78, 5) is 5.23. The van der Waals surface area contributed by atoms with Gasteiger partial charge in [0.15, 0.2) is 0 Å². The highest BCUT2D eigenvalue weighted by Crippen LogP contribution is 2.42. The predicted octanol–water partition coefficient (Wildman–Crippen LogP) is 1.65. The molecule has 1 saturated carbocycles. The summed E-state index contributed by atoms with van der Waals surface area (Å²) in [5.74, 6) is 0. The molecule has 1 aliphatic heterocycles. The van der Waals surface area contributed by atoms with Gasteiger partial charge in [-0.25, -0.2) is 0 Å². The van der Waals surface area contributed by atoms with E-state index in [0.29, 0.717) is 19.3 Å². The van der Waals surface area contributed by atoms with Gasteiger partial charge in [-0.15, -0.1) is 0 Å². The molecule has 4 heteroatoms. The third-order valence-corrected chi connectivity index (χ3v) is 3.66. The molecule has 0 aromatic rings. The molecule has 1 atom stereocenters. The molecular formula is C12H23NO3. The van der Waals surface area contributed by atoms with Crippen LogP contribution in [0.5, 0.6) is 0 Å². The normalized spacial score (nSPS) is 27.9. The topological polar surface area (TPSA) is 39.7 Å². The average Bonchev–Trinajstić information content (AvgIpc) is 2.90. The Balaban J connectivity index is 1.58. The van der Waals surface area contributed by atoms with E-state index < -0.39 is 0 Å². The number of hydrogen-bond donors (Lipinski definition) is 1. The number of rotatable bonds is 6. The Morgan fingerprint density at radius 2 is 2.06 bits per heavy atom. The second-order valence-corrected chi connectivity index (χ2v) is 4.86. The van der Waals surface area contributed by atoms with Crippen molar-refractivity contribution < 1.29 is 14.3 Å². The first kappa shape index (κ1) is 12.3.